The molecule has 0 radical (unpaired) electrons. The average Bonchev–Trinajstić information content (AvgIpc) is 3.16. The zero-order valence-electron chi connectivity index (χ0n) is 20.9. The van der Waals surface area contributed by atoms with Crippen molar-refractivity contribution in [1.29, 1.82) is 5.26 Å². The summed E-state index contributed by atoms with van der Waals surface area (Å²) in [5, 5.41) is 23.8. The lowest BCUT2D eigenvalue weighted by atomic mass is 9.48. The number of rotatable bonds is 5. The summed E-state index contributed by atoms with van der Waals surface area (Å²) in [4.78, 5) is 4.47. The molecule has 4 aliphatic carbocycles. The number of nitriles is 1. The Bertz CT molecular complexity index is 878. The van der Waals surface area contributed by atoms with Crippen molar-refractivity contribution in [1.82, 2.24) is 4.98 Å². The van der Waals surface area contributed by atoms with Gasteiger partial charge in [0.2, 0.25) is 0 Å². The van der Waals surface area contributed by atoms with E-state index in [0.717, 1.165) is 61.1 Å². The number of hydrogen-bond acceptors (Lipinski definition) is 4. The van der Waals surface area contributed by atoms with Gasteiger partial charge in [-0.25, -0.2) is 4.98 Å². The van der Waals surface area contributed by atoms with Gasteiger partial charge in [0.25, 0.3) is 0 Å². The molecule has 0 saturated heterocycles. The molecule has 33 heavy (non-hydrogen) atoms. The molecule has 0 spiro atoms. The first-order valence-electron chi connectivity index (χ1n) is 13.7. The molecule has 0 bridgehead atoms. The lowest BCUT2D eigenvalue weighted by Crippen LogP contribution is -2.52. The summed E-state index contributed by atoms with van der Waals surface area (Å²) in [7, 11) is 0. The molecule has 0 aromatic carbocycles. The molecular weight excluding hydrogens is 406 g/mol. The molecule has 1 aromatic rings. The van der Waals surface area contributed by atoms with E-state index in [-0.39, 0.29) is 5.60 Å². The first kappa shape index (κ1) is 23.2. The van der Waals surface area contributed by atoms with Crippen LogP contribution in [-0.4, -0.2) is 21.7 Å². The fourth-order valence-electron chi connectivity index (χ4n) is 9.40. The van der Waals surface area contributed by atoms with Crippen LogP contribution >= 0.6 is 0 Å². The Hall–Kier alpha value is -1.60. The normalized spacial score (nSPS) is 43.0. The fraction of sp³-hybridized carbons (Fsp3) is 0.793. The predicted octanol–water partition coefficient (Wildman–Crippen LogP) is 6.55. The van der Waals surface area contributed by atoms with E-state index in [1.807, 2.05) is 12.1 Å². The average molecular weight is 450 g/mol. The Morgan fingerprint density at radius 2 is 1.94 bits per heavy atom. The topological polar surface area (TPSA) is 68.9 Å². The molecule has 4 saturated carbocycles. The highest BCUT2D eigenvalue weighted by Crippen LogP contribution is 2.65. The summed E-state index contributed by atoms with van der Waals surface area (Å²) in [6.07, 6.45) is 15.3. The van der Waals surface area contributed by atoms with Gasteiger partial charge in [0.05, 0.1) is 11.2 Å². The molecule has 4 fully saturated rings. The Morgan fingerprint density at radius 1 is 1.12 bits per heavy atom. The quantitative estimate of drug-likeness (QED) is 0.534. The minimum Gasteiger partial charge on any atom is -0.390 e. The number of hydrogen-bond donors (Lipinski definition) is 2. The van der Waals surface area contributed by atoms with Crippen LogP contribution < -0.4 is 5.32 Å². The van der Waals surface area contributed by atoms with Crippen LogP contribution in [0.5, 0.6) is 0 Å². The third-order valence-corrected chi connectivity index (χ3v) is 10.8. The van der Waals surface area contributed by atoms with E-state index in [2.05, 4.69) is 37.1 Å². The zero-order valence-corrected chi connectivity index (χ0v) is 20.9. The van der Waals surface area contributed by atoms with Gasteiger partial charge < -0.3 is 10.4 Å². The Kier molecular flexibility index (Phi) is 6.23. The minimum atomic E-state index is -0.370. The molecule has 9 atom stereocenters. The third-order valence-electron chi connectivity index (χ3n) is 10.8. The smallest absolute Gasteiger partial charge is 0.126 e. The Balaban J connectivity index is 1.27. The second-order valence-electron chi connectivity index (χ2n) is 12.4. The number of aromatic nitrogens is 1. The fourth-order valence-corrected chi connectivity index (χ4v) is 9.40. The molecule has 1 unspecified atom stereocenters. The van der Waals surface area contributed by atoms with Crippen LogP contribution in [0, 0.1) is 52.3 Å². The molecule has 0 amide bonds. The van der Waals surface area contributed by atoms with Crippen molar-refractivity contribution >= 4 is 5.82 Å². The van der Waals surface area contributed by atoms with E-state index in [0.29, 0.717) is 22.9 Å². The second-order valence-corrected chi connectivity index (χ2v) is 12.4. The van der Waals surface area contributed by atoms with Crippen molar-refractivity contribution in [3.63, 3.8) is 0 Å². The second kappa shape index (κ2) is 8.88. The number of pyridine rings is 1. The van der Waals surface area contributed by atoms with Crippen LogP contribution in [0.4, 0.5) is 5.82 Å². The van der Waals surface area contributed by atoms with Gasteiger partial charge in [-0.3, -0.25) is 0 Å². The van der Waals surface area contributed by atoms with Crippen molar-refractivity contribution in [2.75, 3.05) is 5.32 Å². The van der Waals surface area contributed by atoms with Gasteiger partial charge in [-0.2, -0.15) is 5.26 Å². The maximum atomic E-state index is 11.1. The summed E-state index contributed by atoms with van der Waals surface area (Å²) in [5.41, 5.74) is 0.668. The highest BCUT2D eigenvalue weighted by molar-refractivity contribution is 5.40. The molecule has 4 heteroatoms. The van der Waals surface area contributed by atoms with Crippen molar-refractivity contribution in [3.8, 4) is 6.07 Å². The highest BCUT2D eigenvalue weighted by Gasteiger charge is 2.58. The molecule has 180 valence electrons. The predicted molar refractivity (Wildman–Crippen MR) is 132 cm³/mol. The van der Waals surface area contributed by atoms with E-state index < -0.39 is 0 Å². The van der Waals surface area contributed by atoms with Crippen LogP contribution in [0.1, 0.15) is 97.0 Å². The largest absolute Gasteiger partial charge is 0.390 e. The Labute approximate surface area is 200 Å². The van der Waals surface area contributed by atoms with Gasteiger partial charge in [-0.1, -0.05) is 20.3 Å². The van der Waals surface area contributed by atoms with Crippen LogP contribution in [0.15, 0.2) is 18.3 Å². The van der Waals surface area contributed by atoms with Gasteiger partial charge in [0, 0.05) is 12.2 Å². The van der Waals surface area contributed by atoms with Crippen LogP contribution in [0.25, 0.3) is 0 Å². The highest BCUT2D eigenvalue weighted by atomic mass is 16.3. The molecule has 1 heterocycles. The molecular formula is C29H43N3O. The molecule has 4 nitrogen and oxygen atoms in total. The van der Waals surface area contributed by atoms with Crippen LogP contribution in [0.3, 0.4) is 0 Å². The van der Waals surface area contributed by atoms with Crippen molar-refractivity contribution in [3.05, 3.63) is 23.9 Å². The maximum absolute atomic E-state index is 11.1. The third kappa shape index (κ3) is 4.09. The number of aliphatic hydroxyl groups is 1. The summed E-state index contributed by atoms with van der Waals surface area (Å²) in [6.45, 7) is 7.16. The van der Waals surface area contributed by atoms with Crippen LogP contribution in [0.2, 0.25) is 0 Å². The SMILES string of the molecule is CCC[C@@]1(O)CC[C@H]2[C@H](CC[C@@H]3[C@@H]2CC[C@]2(C)C([C@@H](C)Nc4ccc(C#N)cn4)CC[C@@H]32)C1. The minimum absolute atomic E-state index is 0.370. The van der Waals surface area contributed by atoms with E-state index in [9.17, 15) is 5.11 Å². The van der Waals surface area contributed by atoms with Crippen molar-refractivity contribution in [2.45, 2.75) is 103 Å². The van der Waals surface area contributed by atoms with E-state index in [4.69, 9.17) is 5.26 Å². The number of fused-ring (bicyclic) bond motifs is 5. The van der Waals surface area contributed by atoms with E-state index >= 15 is 0 Å². The first-order chi connectivity index (χ1) is 15.9. The first-order valence-corrected chi connectivity index (χ1v) is 13.7. The molecule has 5 rings (SSSR count). The molecule has 4 aliphatic rings. The van der Waals surface area contributed by atoms with Gasteiger partial charge in [0.1, 0.15) is 11.9 Å². The van der Waals surface area contributed by atoms with E-state index in [1.165, 1.54) is 44.9 Å². The molecule has 1 aromatic heterocycles. The monoisotopic (exact) mass is 449 g/mol. The van der Waals surface area contributed by atoms with Gasteiger partial charge in [0.15, 0.2) is 0 Å². The summed E-state index contributed by atoms with van der Waals surface area (Å²) in [6, 6.07) is 6.36. The Morgan fingerprint density at radius 3 is 2.67 bits per heavy atom. The van der Waals surface area contributed by atoms with Crippen molar-refractivity contribution in [2.24, 2.45) is 40.9 Å². The van der Waals surface area contributed by atoms with Gasteiger partial charge >= 0.3 is 0 Å². The number of anilines is 1. The summed E-state index contributed by atoms with van der Waals surface area (Å²) in [5.74, 6) is 5.85. The number of nitrogens with one attached hydrogen (secondary N) is 1. The zero-order chi connectivity index (χ0) is 23.2. The maximum Gasteiger partial charge on any atom is 0.126 e. The molecule has 2 N–H and O–H groups in total. The molecule has 0 aliphatic heterocycles. The summed E-state index contributed by atoms with van der Waals surface area (Å²) < 4.78 is 0. The van der Waals surface area contributed by atoms with E-state index in [1.54, 1.807) is 6.20 Å². The van der Waals surface area contributed by atoms with Crippen molar-refractivity contribution < 1.29 is 5.11 Å². The lowest BCUT2D eigenvalue weighted by molar-refractivity contribution is -0.108. The standard InChI is InChI=1S/C29H43N3O/c1-4-13-29(33)15-12-22-21(16-29)6-7-24-23(22)11-14-28(3)25(8-9-26(24)28)19(2)32-27-10-5-20(17-30)18-31-27/h5,10,18-19,21-26,33H,4,6-9,11-16H2,1-3H3,(H,31,32)/t19-,21-,22+,23-,24-,25?,26+,28-,29-/m1/s1. The van der Waals surface area contributed by atoms with Gasteiger partial charge in [-0.05, 0) is 124 Å². The van der Waals surface area contributed by atoms with Crippen LogP contribution in [-0.2, 0) is 0 Å². The lowest BCUT2D eigenvalue weighted by Gasteiger charge is -2.57. The number of nitrogens with zero attached hydrogens (tertiary/aromatic N) is 2. The van der Waals surface area contributed by atoms with Gasteiger partial charge in [-0.15, -0.1) is 0 Å². The summed E-state index contributed by atoms with van der Waals surface area (Å²) >= 11 is 0.